The molecule has 1 aliphatic rings. The molecule has 1 aliphatic carbocycles. The molecule has 1 saturated carbocycles. The normalized spacial score (nSPS) is 17.6. The van der Waals surface area contributed by atoms with E-state index in [0.717, 1.165) is 6.42 Å². The van der Waals surface area contributed by atoms with Crippen LogP contribution in [0.1, 0.15) is 19.3 Å². The van der Waals surface area contributed by atoms with Crippen molar-refractivity contribution in [3.05, 3.63) is 30.1 Å². The summed E-state index contributed by atoms with van der Waals surface area (Å²) < 4.78 is 18.5. The van der Waals surface area contributed by atoms with E-state index in [1.807, 2.05) is 0 Å². The monoisotopic (exact) mass is 224 g/mol. The number of aliphatic carboxylic acids is 1. The highest BCUT2D eigenvalue weighted by molar-refractivity contribution is 5.75. The van der Waals surface area contributed by atoms with Crippen LogP contribution in [0.5, 0.6) is 5.75 Å². The van der Waals surface area contributed by atoms with E-state index in [2.05, 4.69) is 0 Å². The zero-order valence-corrected chi connectivity index (χ0v) is 8.78. The van der Waals surface area contributed by atoms with Gasteiger partial charge in [0.15, 0.2) is 11.6 Å². The van der Waals surface area contributed by atoms with E-state index in [1.54, 1.807) is 12.1 Å². The largest absolute Gasteiger partial charge is 0.489 e. The maximum Gasteiger partial charge on any atom is 0.313 e. The second-order valence-corrected chi connectivity index (χ2v) is 4.16. The molecule has 86 valence electrons. The second-order valence-electron chi connectivity index (χ2n) is 4.16. The summed E-state index contributed by atoms with van der Waals surface area (Å²) in [6.07, 6.45) is 2.11. The van der Waals surface area contributed by atoms with Crippen molar-refractivity contribution in [1.29, 1.82) is 0 Å². The average Bonchev–Trinajstić information content (AvgIpc) is 2.18. The fourth-order valence-corrected chi connectivity index (χ4v) is 1.80. The third-order valence-electron chi connectivity index (χ3n) is 3.10. The molecular weight excluding hydrogens is 211 g/mol. The van der Waals surface area contributed by atoms with Gasteiger partial charge in [0.1, 0.15) is 12.0 Å². The van der Waals surface area contributed by atoms with E-state index >= 15 is 0 Å². The number of benzene rings is 1. The number of carboxylic acid groups (broad SMARTS) is 1. The number of para-hydroxylation sites is 1. The third kappa shape index (κ3) is 1.87. The van der Waals surface area contributed by atoms with Crippen LogP contribution >= 0.6 is 0 Å². The van der Waals surface area contributed by atoms with Gasteiger partial charge in [0.2, 0.25) is 0 Å². The van der Waals surface area contributed by atoms with Crippen LogP contribution < -0.4 is 4.74 Å². The van der Waals surface area contributed by atoms with Crippen LogP contribution in [0.2, 0.25) is 0 Å². The SMILES string of the molecule is O=C(O)C1(COc2ccccc2F)CCC1. The van der Waals surface area contributed by atoms with Gasteiger partial charge < -0.3 is 9.84 Å². The lowest BCUT2D eigenvalue weighted by atomic mass is 9.69. The van der Waals surface area contributed by atoms with Crippen molar-refractivity contribution in [2.24, 2.45) is 5.41 Å². The van der Waals surface area contributed by atoms with Crippen LogP contribution in [0.3, 0.4) is 0 Å². The van der Waals surface area contributed by atoms with Gasteiger partial charge in [-0.1, -0.05) is 18.6 Å². The lowest BCUT2D eigenvalue weighted by Gasteiger charge is -2.37. The Morgan fingerprint density at radius 3 is 2.62 bits per heavy atom. The molecule has 16 heavy (non-hydrogen) atoms. The molecule has 0 amide bonds. The molecule has 0 aromatic heterocycles. The lowest BCUT2D eigenvalue weighted by molar-refractivity contribution is -0.157. The molecule has 4 heteroatoms. The van der Waals surface area contributed by atoms with Crippen LogP contribution in [-0.2, 0) is 4.79 Å². The van der Waals surface area contributed by atoms with Gasteiger partial charge in [-0.05, 0) is 25.0 Å². The van der Waals surface area contributed by atoms with Crippen molar-refractivity contribution in [3.63, 3.8) is 0 Å². The highest BCUT2D eigenvalue weighted by Gasteiger charge is 2.45. The van der Waals surface area contributed by atoms with Crippen molar-refractivity contribution >= 4 is 5.97 Å². The first-order valence-electron chi connectivity index (χ1n) is 5.25. The van der Waals surface area contributed by atoms with E-state index < -0.39 is 17.2 Å². The maximum atomic E-state index is 13.2. The Hall–Kier alpha value is -1.58. The standard InChI is InChI=1S/C12H13FO3/c13-9-4-1-2-5-10(9)16-8-12(11(14)15)6-3-7-12/h1-2,4-5H,3,6-8H2,(H,14,15). The first-order chi connectivity index (χ1) is 7.64. The van der Waals surface area contributed by atoms with Crippen molar-refractivity contribution in [2.45, 2.75) is 19.3 Å². The van der Waals surface area contributed by atoms with Gasteiger partial charge in [0, 0.05) is 0 Å². The zero-order valence-electron chi connectivity index (χ0n) is 8.78. The van der Waals surface area contributed by atoms with Crippen molar-refractivity contribution in [3.8, 4) is 5.75 Å². The van der Waals surface area contributed by atoms with Crippen LogP contribution in [-0.4, -0.2) is 17.7 Å². The maximum absolute atomic E-state index is 13.2. The van der Waals surface area contributed by atoms with E-state index in [9.17, 15) is 9.18 Å². The topological polar surface area (TPSA) is 46.5 Å². The molecule has 1 aromatic carbocycles. The molecule has 1 aromatic rings. The highest BCUT2D eigenvalue weighted by atomic mass is 19.1. The fraction of sp³-hybridized carbons (Fsp3) is 0.417. The molecule has 1 N–H and O–H groups in total. The molecule has 0 aliphatic heterocycles. The molecular formula is C12H13FO3. The Morgan fingerprint density at radius 1 is 1.44 bits per heavy atom. The Labute approximate surface area is 92.9 Å². The molecule has 0 unspecified atom stereocenters. The van der Waals surface area contributed by atoms with Gasteiger partial charge in [-0.15, -0.1) is 0 Å². The minimum absolute atomic E-state index is 0.0449. The van der Waals surface area contributed by atoms with Crippen LogP contribution in [0.15, 0.2) is 24.3 Å². The van der Waals surface area contributed by atoms with Gasteiger partial charge in [-0.2, -0.15) is 0 Å². The van der Waals surface area contributed by atoms with E-state index in [4.69, 9.17) is 9.84 Å². The number of ether oxygens (including phenoxy) is 1. The van der Waals surface area contributed by atoms with E-state index in [1.165, 1.54) is 12.1 Å². The molecule has 0 bridgehead atoms. The highest BCUT2D eigenvalue weighted by Crippen LogP contribution is 2.41. The van der Waals surface area contributed by atoms with Gasteiger partial charge in [-0.3, -0.25) is 4.79 Å². The molecule has 0 saturated heterocycles. The summed E-state index contributed by atoms with van der Waals surface area (Å²) in [6, 6.07) is 6.03. The third-order valence-corrected chi connectivity index (χ3v) is 3.10. The molecule has 0 atom stereocenters. The molecule has 2 rings (SSSR count). The molecule has 3 nitrogen and oxygen atoms in total. The minimum atomic E-state index is -0.852. The number of rotatable bonds is 4. The Kier molecular flexibility index (Phi) is 2.81. The number of carboxylic acids is 1. The Bertz CT molecular complexity index is 399. The fourth-order valence-electron chi connectivity index (χ4n) is 1.80. The summed E-state index contributed by atoms with van der Waals surface area (Å²) in [7, 11) is 0. The minimum Gasteiger partial charge on any atom is -0.489 e. The summed E-state index contributed by atoms with van der Waals surface area (Å²) >= 11 is 0. The number of hydrogen-bond acceptors (Lipinski definition) is 2. The summed E-state index contributed by atoms with van der Waals surface area (Å²) in [6.45, 7) is 0.0449. The summed E-state index contributed by atoms with van der Waals surface area (Å²) in [5, 5.41) is 9.06. The molecule has 0 heterocycles. The smallest absolute Gasteiger partial charge is 0.313 e. The van der Waals surface area contributed by atoms with Crippen molar-refractivity contribution < 1.29 is 19.0 Å². The van der Waals surface area contributed by atoms with Gasteiger partial charge in [-0.25, -0.2) is 4.39 Å². The summed E-state index contributed by atoms with van der Waals surface area (Å²) in [5.74, 6) is -1.19. The summed E-state index contributed by atoms with van der Waals surface area (Å²) in [5.41, 5.74) is -0.803. The summed E-state index contributed by atoms with van der Waals surface area (Å²) in [4.78, 5) is 11.0. The zero-order chi connectivity index (χ0) is 11.6. The van der Waals surface area contributed by atoms with Crippen LogP contribution in [0.4, 0.5) is 4.39 Å². The molecule has 1 fully saturated rings. The number of carbonyl (C=O) groups is 1. The first-order valence-corrected chi connectivity index (χ1v) is 5.25. The first kappa shape index (κ1) is 10.9. The Morgan fingerprint density at radius 2 is 2.12 bits per heavy atom. The Balaban J connectivity index is 2.02. The second kappa shape index (κ2) is 4.12. The van der Waals surface area contributed by atoms with Crippen LogP contribution in [0.25, 0.3) is 0 Å². The van der Waals surface area contributed by atoms with Gasteiger partial charge in [0.05, 0.1) is 0 Å². The number of halogens is 1. The molecule has 0 radical (unpaired) electrons. The van der Waals surface area contributed by atoms with E-state index in [0.29, 0.717) is 12.8 Å². The quantitative estimate of drug-likeness (QED) is 0.854. The van der Waals surface area contributed by atoms with Gasteiger partial charge >= 0.3 is 5.97 Å². The molecule has 0 spiro atoms. The predicted octanol–water partition coefficient (Wildman–Crippen LogP) is 2.46. The predicted molar refractivity (Wildman–Crippen MR) is 55.8 cm³/mol. The van der Waals surface area contributed by atoms with Crippen LogP contribution in [0, 0.1) is 11.2 Å². The van der Waals surface area contributed by atoms with E-state index in [-0.39, 0.29) is 12.4 Å². The van der Waals surface area contributed by atoms with Gasteiger partial charge in [0.25, 0.3) is 0 Å². The number of hydrogen-bond donors (Lipinski definition) is 1. The average molecular weight is 224 g/mol. The lowest BCUT2D eigenvalue weighted by Crippen LogP contribution is -2.43. The van der Waals surface area contributed by atoms with Crippen molar-refractivity contribution in [1.82, 2.24) is 0 Å². The van der Waals surface area contributed by atoms with Crippen molar-refractivity contribution in [2.75, 3.05) is 6.61 Å².